The summed E-state index contributed by atoms with van der Waals surface area (Å²) >= 11 is 0. The molecule has 3 rings (SSSR count). The number of amides is 2. The number of halogens is 3. The number of benzene rings is 2. The zero-order chi connectivity index (χ0) is 24.9. The molecule has 0 aliphatic carbocycles. The van der Waals surface area contributed by atoms with E-state index in [0.717, 1.165) is 12.1 Å². The quantitative estimate of drug-likeness (QED) is 0.459. The maximum atomic E-state index is 13.0. The smallest absolute Gasteiger partial charge is 0.416 e. The van der Waals surface area contributed by atoms with E-state index in [9.17, 15) is 22.8 Å². The van der Waals surface area contributed by atoms with Crippen LogP contribution in [0, 0.1) is 0 Å². The topological polar surface area (TPSA) is 80.6 Å². The lowest BCUT2D eigenvalue weighted by molar-refractivity contribution is -0.137. The van der Waals surface area contributed by atoms with Crippen molar-refractivity contribution in [2.45, 2.75) is 26.1 Å². The average molecular weight is 472 g/mol. The van der Waals surface area contributed by atoms with E-state index in [4.69, 9.17) is 9.15 Å². The molecular weight excluding hydrogens is 449 g/mol. The third kappa shape index (κ3) is 6.28. The Bertz CT molecular complexity index is 1200. The Morgan fingerprint density at radius 2 is 1.74 bits per heavy atom. The summed E-state index contributed by atoms with van der Waals surface area (Å²) in [6.07, 6.45) is -3.17. The Morgan fingerprint density at radius 1 is 1.03 bits per heavy atom. The van der Waals surface area contributed by atoms with Gasteiger partial charge in [-0.05, 0) is 62.4 Å². The molecule has 1 aromatic heterocycles. The predicted octanol–water partition coefficient (Wildman–Crippen LogP) is 5.27. The maximum absolute atomic E-state index is 13.0. The molecule has 6 nitrogen and oxygen atoms in total. The highest BCUT2D eigenvalue weighted by molar-refractivity contribution is 6.05. The number of methoxy groups -OCH3 is 1. The molecule has 0 bridgehead atoms. The molecule has 2 amide bonds. The van der Waals surface area contributed by atoms with Crippen molar-refractivity contribution in [2.75, 3.05) is 7.11 Å². The number of nitrogens with one attached hydrogen (secondary N) is 2. The highest BCUT2D eigenvalue weighted by Gasteiger charge is 2.30. The Morgan fingerprint density at radius 3 is 2.35 bits per heavy atom. The molecule has 0 aliphatic heterocycles. The molecular formula is C25H23F3N2O4. The Kier molecular flexibility index (Phi) is 7.45. The summed E-state index contributed by atoms with van der Waals surface area (Å²) < 4.78 is 49.8. The molecule has 0 fully saturated rings. The van der Waals surface area contributed by atoms with Crippen LogP contribution in [0.15, 0.2) is 70.8 Å². The van der Waals surface area contributed by atoms with Crippen LogP contribution >= 0.6 is 0 Å². The number of hydrogen-bond donors (Lipinski definition) is 2. The van der Waals surface area contributed by atoms with Crippen LogP contribution in [0.1, 0.15) is 35.5 Å². The average Bonchev–Trinajstić information content (AvgIpc) is 3.26. The summed E-state index contributed by atoms with van der Waals surface area (Å²) in [4.78, 5) is 25.4. The van der Waals surface area contributed by atoms with E-state index >= 15 is 0 Å². The first-order chi connectivity index (χ1) is 16.1. The molecule has 178 valence electrons. The fourth-order valence-electron chi connectivity index (χ4n) is 3.01. The number of furan rings is 1. The predicted molar refractivity (Wildman–Crippen MR) is 121 cm³/mol. The zero-order valence-electron chi connectivity index (χ0n) is 18.7. The normalized spacial score (nSPS) is 11.9. The molecule has 0 saturated carbocycles. The van der Waals surface area contributed by atoms with Gasteiger partial charge in [-0.3, -0.25) is 9.59 Å². The van der Waals surface area contributed by atoms with Gasteiger partial charge >= 0.3 is 6.18 Å². The van der Waals surface area contributed by atoms with Gasteiger partial charge in [0.1, 0.15) is 23.0 Å². The minimum Gasteiger partial charge on any atom is -0.497 e. The molecule has 2 aromatic carbocycles. The van der Waals surface area contributed by atoms with E-state index in [2.05, 4.69) is 10.6 Å². The van der Waals surface area contributed by atoms with Crippen molar-refractivity contribution in [3.63, 3.8) is 0 Å². The van der Waals surface area contributed by atoms with Crippen LogP contribution in [0.4, 0.5) is 13.2 Å². The SMILES string of the molecule is COc1ccc(C(=O)NC(=Cc2ccc(-c3cccc(C(F)(F)F)c3)o2)C(=O)NC(C)C)cc1. The first-order valence-electron chi connectivity index (χ1n) is 10.3. The number of hydrogen-bond acceptors (Lipinski definition) is 4. The largest absolute Gasteiger partial charge is 0.497 e. The summed E-state index contributed by atoms with van der Waals surface area (Å²) in [5.74, 6) is -0.146. The molecule has 3 aromatic rings. The van der Waals surface area contributed by atoms with E-state index in [-0.39, 0.29) is 28.8 Å². The molecule has 2 N–H and O–H groups in total. The summed E-state index contributed by atoms with van der Waals surface area (Å²) in [7, 11) is 1.50. The maximum Gasteiger partial charge on any atom is 0.416 e. The molecule has 0 spiro atoms. The minimum atomic E-state index is -4.49. The van der Waals surface area contributed by atoms with Gasteiger partial charge in [-0.1, -0.05) is 12.1 Å². The van der Waals surface area contributed by atoms with E-state index in [0.29, 0.717) is 11.3 Å². The number of ether oxygens (including phenoxy) is 1. The van der Waals surface area contributed by atoms with Gasteiger partial charge in [-0.15, -0.1) is 0 Å². The fourth-order valence-corrected chi connectivity index (χ4v) is 3.01. The Balaban J connectivity index is 1.89. The first kappa shape index (κ1) is 24.6. The summed E-state index contributed by atoms with van der Waals surface area (Å²) in [6.45, 7) is 3.53. The van der Waals surface area contributed by atoms with Crippen LogP contribution in [0.5, 0.6) is 5.75 Å². The van der Waals surface area contributed by atoms with Crippen molar-refractivity contribution in [2.24, 2.45) is 0 Å². The van der Waals surface area contributed by atoms with Gasteiger partial charge < -0.3 is 19.8 Å². The number of rotatable bonds is 7. The second-order valence-electron chi connectivity index (χ2n) is 7.65. The monoisotopic (exact) mass is 472 g/mol. The van der Waals surface area contributed by atoms with Crippen LogP contribution in [0.3, 0.4) is 0 Å². The van der Waals surface area contributed by atoms with Gasteiger partial charge in [0.2, 0.25) is 0 Å². The Hall–Kier alpha value is -4.01. The Labute approximate surface area is 194 Å². The summed E-state index contributed by atoms with van der Waals surface area (Å²) in [5, 5.41) is 5.26. The van der Waals surface area contributed by atoms with Gasteiger partial charge in [-0.25, -0.2) is 0 Å². The highest BCUT2D eigenvalue weighted by Crippen LogP contribution is 2.32. The van der Waals surface area contributed by atoms with E-state index in [1.165, 1.54) is 37.5 Å². The lowest BCUT2D eigenvalue weighted by Crippen LogP contribution is -2.38. The molecule has 0 aliphatic rings. The number of carbonyl (C=O) groups excluding carboxylic acids is 2. The van der Waals surface area contributed by atoms with Crippen LogP contribution < -0.4 is 15.4 Å². The van der Waals surface area contributed by atoms with Crippen molar-refractivity contribution < 1.29 is 31.9 Å². The van der Waals surface area contributed by atoms with Crippen LogP contribution in [0.25, 0.3) is 17.4 Å². The highest BCUT2D eigenvalue weighted by atomic mass is 19.4. The van der Waals surface area contributed by atoms with Crippen LogP contribution in [0.2, 0.25) is 0 Å². The molecule has 1 heterocycles. The second-order valence-corrected chi connectivity index (χ2v) is 7.65. The van der Waals surface area contributed by atoms with Crippen molar-refractivity contribution in [1.29, 1.82) is 0 Å². The fraction of sp³-hybridized carbons (Fsp3) is 0.200. The van der Waals surface area contributed by atoms with Crippen LogP contribution in [-0.4, -0.2) is 25.0 Å². The van der Waals surface area contributed by atoms with Crippen molar-refractivity contribution in [3.8, 4) is 17.1 Å². The lowest BCUT2D eigenvalue weighted by Gasteiger charge is -2.13. The molecule has 0 radical (unpaired) electrons. The van der Waals surface area contributed by atoms with Gasteiger partial charge in [0, 0.05) is 23.2 Å². The standard InChI is InChI=1S/C25H23F3N2O4/c1-15(2)29-24(32)21(30-23(31)16-7-9-19(33-3)10-8-16)14-20-11-12-22(34-20)17-5-4-6-18(13-17)25(26,27)28/h4-15H,1-3H3,(H,29,32)(H,30,31). The zero-order valence-corrected chi connectivity index (χ0v) is 18.7. The molecule has 0 saturated heterocycles. The lowest BCUT2D eigenvalue weighted by atomic mass is 10.1. The van der Waals surface area contributed by atoms with E-state index in [1.54, 1.807) is 38.1 Å². The molecule has 34 heavy (non-hydrogen) atoms. The van der Waals surface area contributed by atoms with Gasteiger partial charge in [0.15, 0.2) is 0 Å². The molecule has 9 heteroatoms. The minimum absolute atomic E-state index is 0.0838. The van der Waals surface area contributed by atoms with E-state index in [1.807, 2.05) is 0 Å². The van der Waals surface area contributed by atoms with Crippen molar-refractivity contribution >= 4 is 17.9 Å². The number of carbonyl (C=O) groups is 2. The van der Waals surface area contributed by atoms with Gasteiger partial charge in [0.05, 0.1) is 12.7 Å². The molecule has 0 unspecified atom stereocenters. The summed E-state index contributed by atoms with van der Waals surface area (Å²) in [6, 6.07) is 13.8. The molecule has 0 atom stereocenters. The van der Waals surface area contributed by atoms with Crippen LogP contribution in [-0.2, 0) is 11.0 Å². The van der Waals surface area contributed by atoms with Crippen molar-refractivity contribution in [1.82, 2.24) is 10.6 Å². The third-order valence-corrected chi connectivity index (χ3v) is 4.65. The summed E-state index contributed by atoms with van der Waals surface area (Å²) in [5.41, 5.74) is -0.361. The second kappa shape index (κ2) is 10.3. The number of alkyl halides is 3. The third-order valence-electron chi connectivity index (χ3n) is 4.65. The van der Waals surface area contributed by atoms with E-state index < -0.39 is 23.6 Å². The first-order valence-corrected chi connectivity index (χ1v) is 10.3. The van der Waals surface area contributed by atoms with Gasteiger partial charge in [-0.2, -0.15) is 13.2 Å². The van der Waals surface area contributed by atoms with Gasteiger partial charge in [0.25, 0.3) is 11.8 Å². The van der Waals surface area contributed by atoms with Crippen molar-refractivity contribution in [3.05, 3.63) is 83.2 Å².